The first-order chi connectivity index (χ1) is 9.76. The van der Waals surface area contributed by atoms with Crippen LogP contribution in [0.2, 0.25) is 0 Å². The fourth-order valence-electron chi connectivity index (χ4n) is 1.92. The Morgan fingerprint density at radius 1 is 1.29 bits per heavy atom. The molecular formula is C13H20N2O5S. The van der Waals surface area contributed by atoms with Gasteiger partial charge in [-0.15, -0.1) is 0 Å². The van der Waals surface area contributed by atoms with Crippen molar-refractivity contribution in [3.63, 3.8) is 0 Å². The average Bonchev–Trinajstić information content (AvgIpc) is 2.44. The van der Waals surface area contributed by atoms with E-state index >= 15 is 0 Å². The number of methoxy groups -OCH3 is 2. The summed E-state index contributed by atoms with van der Waals surface area (Å²) in [7, 11) is 0.249. The third-order valence-corrected chi connectivity index (χ3v) is 3.82. The van der Waals surface area contributed by atoms with E-state index in [1.807, 2.05) is 6.92 Å². The highest BCUT2D eigenvalue weighted by Gasteiger charge is 2.24. The maximum absolute atomic E-state index is 12.3. The van der Waals surface area contributed by atoms with Crippen molar-refractivity contribution in [3.05, 3.63) is 17.7 Å². The monoisotopic (exact) mass is 316 g/mol. The van der Waals surface area contributed by atoms with Crippen molar-refractivity contribution in [1.29, 1.82) is 0 Å². The Hall–Kier alpha value is -1.80. The van der Waals surface area contributed by atoms with Gasteiger partial charge in [0.1, 0.15) is 4.90 Å². The van der Waals surface area contributed by atoms with E-state index in [2.05, 4.69) is 0 Å². The molecule has 1 aromatic carbocycles. The Balaban J connectivity index is 3.47. The van der Waals surface area contributed by atoms with Gasteiger partial charge in [-0.2, -0.15) is 0 Å². The molecule has 21 heavy (non-hydrogen) atoms. The van der Waals surface area contributed by atoms with Crippen LogP contribution in [-0.4, -0.2) is 47.0 Å². The fraction of sp³-hybridized carbons (Fsp3) is 0.462. The van der Waals surface area contributed by atoms with Crippen LogP contribution in [0, 0.1) is 0 Å². The van der Waals surface area contributed by atoms with E-state index < -0.39 is 10.0 Å². The molecule has 7 nitrogen and oxygen atoms in total. The third kappa shape index (κ3) is 3.85. The highest BCUT2D eigenvalue weighted by atomic mass is 32.2. The van der Waals surface area contributed by atoms with Gasteiger partial charge in [-0.05, 0) is 18.6 Å². The zero-order valence-corrected chi connectivity index (χ0v) is 13.4. The minimum Gasteiger partial charge on any atom is -0.493 e. The van der Waals surface area contributed by atoms with Gasteiger partial charge in [-0.25, -0.2) is 13.6 Å². The summed E-state index contributed by atoms with van der Waals surface area (Å²) in [6, 6.07) is 2.63. The largest absolute Gasteiger partial charge is 0.493 e. The molecule has 0 saturated heterocycles. The summed E-state index contributed by atoms with van der Waals surface area (Å²) in [4.78, 5) is 13.5. The van der Waals surface area contributed by atoms with Crippen molar-refractivity contribution >= 4 is 15.9 Å². The number of hydrogen-bond acceptors (Lipinski definition) is 5. The highest BCUT2D eigenvalue weighted by molar-refractivity contribution is 7.89. The molecule has 0 aliphatic carbocycles. The number of nitrogens with two attached hydrogens (primary N) is 1. The van der Waals surface area contributed by atoms with E-state index in [9.17, 15) is 13.2 Å². The average molecular weight is 316 g/mol. The minimum atomic E-state index is -4.05. The number of hydrogen-bond donors (Lipinski definition) is 1. The second-order valence-corrected chi connectivity index (χ2v) is 6.01. The number of amides is 1. The van der Waals surface area contributed by atoms with Gasteiger partial charge in [0.05, 0.1) is 14.2 Å². The number of rotatable bonds is 6. The lowest BCUT2D eigenvalue weighted by Gasteiger charge is -2.18. The van der Waals surface area contributed by atoms with Crippen molar-refractivity contribution in [1.82, 2.24) is 4.90 Å². The number of carbonyl (C=O) groups excluding carboxylic acids is 1. The summed E-state index contributed by atoms with van der Waals surface area (Å²) in [5.74, 6) is -0.199. The minimum absolute atomic E-state index is 0.0188. The van der Waals surface area contributed by atoms with Gasteiger partial charge in [0.25, 0.3) is 5.91 Å². The molecule has 1 aromatic rings. The molecule has 0 radical (unpaired) electrons. The maximum atomic E-state index is 12.3. The lowest BCUT2D eigenvalue weighted by Crippen LogP contribution is -2.28. The zero-order chi connectivity index (χ0) is 16.2. The third-order valence-electron chi connectivity index (χ3n) is 2.90. The van der Waals surface area contributed by atoms with Gasteiger partial charge in [0, 0.05) is 19.2 Å². The molecule has 118 valence electrons. The Bertz CT molecular complexity index is 628. The molecule has 0 bridgehead atoms. The standard InChI is InChI=1S/C13H20N2O5S/c1-5-6-15(2)13(16)9-7-10(19-3)12(20-4)11(8-9)21(14,17)18/h7-8H,5-6H2,1-4H3,(H2,14,17,18). The van der Waals surface area contributed by atoms with Crippen molar-refractivity contribution in [2.75, 3.05) is 27.8 Å². The van der Waals surface area contributed by atoms with E-state index in [4.69, 9.17) is 14.6 Å². The molecule has 0 fully saturated rings. The SMILES string of the molecule is CCCN(C)C(=O)c1cc(OC)c(OC)c(S(N)(=O)=O)c1. The first kappa shape index (κ1) is 17.3. The van der Waals surface area contributed by atoms with Crippen LogP contribution in [0.3, 0.4) is 0 Å². The quantitative estimate of drug-likeness (QED) is 0.838. The number of carbonyl (C=O) groups is 1. The van der Waals surface area contributed by atoms with Crippen molar-refractivity contribution < 1.29 is 22.7 Å². The zero-order valence-electron chi connectivity index (χ0n) is 12.5. The molecule has 0 aliphatic heterocycles. The number of nitrogens with zero attached hydrogens (tertiary/aromatic N) is 1. The van der Waals surface area contributed by atoms with E-state index in [0.717, 1.165) is 6.42 Å². The first-order valence-electron chi connectivity index (χ1n) is 6.30. The summed E-state index contributed by atoms with van der Waals surface area (Å²) >= 11 is 0. The molecule has 8 heteroatoms. The maximum Gasteiger partial charge on any atom is 0.253 e. The number of ether oxygens (including phenoxy) is 2. The van der Waals surface area contributed by atoms with Gasteiger partial charge in [-0.3, -0.25) is 4.79 Å². The topological polar surface area (TPSA) is 98.9 Å². The predicted octanol–water partition coefficient (Wildman–Crippen LogP) is 0.833. The molecule has 1 rings (SSSR count). The number of benzene rings is 1. The van der Waals surface area contributed by atoms with E-state index in [-0.39, 0.29) is 27.9 Å². The summed E-state index contributed by atoms with van der Waals surface area (Å²) in [6.45, 7) is 2.49. The normalized spacial score (nSPS) is 11.1. The van der Waals surface area contributed by atoms with Crippen LogP contribution >= 0.6 is 0 Å². The summed E-state index contributed by atoms with van der Waals surface area (Å²) in [6.07, 6.45) is 0.789. The molecule has 2 N–H and O–H groups in total. The van der Waals surface area contributed by atoms with Crippen LogP contribution in [0.1, 0.15) is 23.7 Å². The van der Waals surface area contributed by atoms with E-state index in [1.54, 1.807) is 7.05 Å². The Morgan fingerprint density at radius 2 is 1.90 bits per heavy atom. The smallest absolute Gasteiger partial charge is 0.253 e. The lowest BCUT2D eigenvalue weighted by atomic mass is 10.1. The summed E-state index contributed by atoms with van der Waals surface area (Å²) < 4.78 is 33.5. The van der Waals surface area contributed by atoms with Crippen LogP contribution in [0.15, 0.2) is 17.0 Å². The lowest BCUT2D eigenvalue weighted by molar-refractivity contribution is 0.0794. The Kier molecular flexibility index (Phi) is 5.56. The van der Waals surface area contributed by atoms with Crippen LogP contribution < -0.4 is 14.6 Å². The second kappa shape index (κ2) is 6.77. The molecule has 0 saturated carbocycles. The molecular weight excluding hydrogens is 296 g/mol. The molecule has 0 aromatic heterocycles. The van der Waals surface area contributed by atoms with Gasteiger partial charge in [0.2, 0.25) is 10.0 Å². The molecule has 0 atom stereocenters. The molecule has 0 spiro atoms. The van der Waals surface area contributed by atoms with Crippen molar-refractivity contribution in [2.45, 2.75) is 18.2 Å². The molecule has 1 amide bonds. The molecule has 0 heterocycles. The molecule has 0 aliphatic rings. The Labute approximate surface area is 124 Å². The van der Waals surface area contributed by atoms with Crippen LogP contribution in [0.5, 0.6) is 11.5 Å². The van der Waals surface area contributed by atoms with Gasteiger partial charge in [-0.1, -0.05) is 6.92 Å². The predicted molar refractivity (Wildman–Crippen MR) is 78.2 cm³/mol. The summed E-state index contributed by atoms with van der Waals surface area (Å²) in [5, 5.41) is 5.17. The van der Waals surface area contributed by atoms with Gasteiger partial charge < -0.3 is 14.4 Å². The van der Waals surface area contributed by atoms with E-state index in [1.165, 1.54) is 31.3 Å². The number of sulfonamides is 1. The summed E-state index contributed by atoms with van der Waals surface area (Å²) in [5.41, 5.74) is 0.174. The van der Waals surface area contributed by atoms with Crippen molar-refractivity contribution in [2.24, 2.45) is 5.14 Å². The second-order valence-electron chi connectivity index (χ2n) is 4.48. The van der Waals surface area contributed by atoms with E-state index in [0.29, 0.717) is 6.54 Å². The van der Waals surface area contributed by atoms with Gasteiger partial charge >= 0.3 is 0 Å². The van der Waals surface area contributed by atoms with Crippen LogP contribution in [0.4, 0.5) is 0 Å². The molecule has 0 unspecified atom stereocenters. The van der Waals surface area contributed by atoms with Crippen LogP contribution in [0.25, 0.3) is 0 Å². The van der Waals surface area contributed by atoms with Gasteiger partial charge in [0.15, 0.2) is 11.5 Å². The van der Waals surface area contributed by atoms with Crippen LogP contribution in [-0.2, 0) is 10.0 Å². The highest BCUT2D eigenvalue weighted by Crippen LogP contribution is 2.35. The fourth-order valence-corrected chi connectivity index (χ4v) is 2.66. The Morgan fingerprint density at radius 3 is 2.33 bits per heavy atom. The first-order valence-corrected chi connectivity index (χ1v) is 7.85. The number of primary sulfonamides is 1. The van der Waals surface area contributed by atoms with Crippen molar-refractivity contribution in [3.8, 4) is 11.5 Å².